The normalized spacial score (nSPS) is 11.8. The molecule has 0 amide bonds. The third-order valence-electron chi connectivity index (χ3n) is 4.22. The number of aromatic nitrogens is 1. The molecule has 0 aliphatic heterocycles. The van der Waals surface area contributed by atoms with E-state index in [2.05, 4.69) is 37.3 Å². The van der Waals surface area contributed by atoms with Crippen LogP contribution in [0.4, 0.5) is 0 Å². The van der Waals surface area contributed by atoms with Crippen molar-refractivity contribution in [2.24, 2.45) is 0 Å². The highest BCUT2D eigenvalue weighted by Crippen LogP contribution is 2.39. The monoisotopic (exact) mass is 377 g/mol. The second kappa shape index (κ2) is 8.69. The van der Waals surface area contributed by atoms with E-state index in [1.54, 1.807) is 25.6 Å². The highest BCUT2D eigenvalue weighted by atomic mass is 32.1. The highest BCUT2D eigenvalue weighted by molar-refractivity contribution is 7.16. The second-order valence-corrected chi connectivity index (χ2v) is 7.03. The fourth-order valence-electron chi connectivity index (χ4n) is 2.68. The van der Waals surface area contributed by atoms with Crippen molar-refractivity contribution in [3.05, 3.63) is 71.8 Å². The summed E-state index contributed by atoms with van der Waals surface area (Å²) >= 11 is 1.70. The maximum absolute atomic E-state index is 5.29. The number of benzene rings is 2. The van der Waals surface area contributed by atoms with Crippen LogP contribution in [0, 0.1) is 0 Å². The van der Waals surface area contributed by atoms with Crippen molar-refractivity contribution in [3.8, 4) is 33.2 Å². The van der Waals surface area contributed by atoms with Crippen LogP contribution in [0.25, 0.3) is 27.3 Å². The Hall–Kier alpha value is -2.85. The number of methoxy groups -OCH3 is 2. The van der Waals surface area contributed by atoms with Gasteiger partial charge in [0.2, 0.25) is 0 Å². The van der Waals surface area contributed by atoms with Crippen LogP contribution in [-0.2, 0) is 0 Å². The molecule has 0 aliphatic rings. The number of hydrogen-bond donors (Lipinski definition) is 0. The van der Waals surface area contributed by atoms with Gasteiger partial charge in [-0.25, -0.2) is 4.98 Å². The molecule has 0 bridgehead atoms. The largest absolute Gasteiger partial charge is 0.497 e. The van der Waals surface area contributed by atoms with Gasteiger partial charge in [-0.15, -0.1) is 11.3 Å². The minimum Gasteiger partial charge on any atom is -0.497 e. The Morgan fingerprint density at radius 3 is 1.96 bits per heavy atom. The fourth-order valence-corrected chi connectivity index (χ4v) is 3.76. The Morgan fingerprint density at radius 1 is 0.889 bits per heavy atom. The molecule has 0 N–H and O–H groups in total. The SMILES string of the molecule is C/C=C\C=C(/C)c1nc(-c2ccc(OC)cc2)c(-c2ccc(OC)cc2)s1. The van der Waals surface area contributed by atoms with E-state index in [-0.39, 0.29) is 0 Å². The van der Waals surface area contributed by atoms with Gasteiger partial charge in [-0.2, -0.15) is 0 Å². The molecule has 0 unspecified atom stereocenters. The van der Waals surface area contributed by atoms with E-state index >= 15 is 0 Å². The van der Waals surface area contributed by atoms with Gasteiger partial charge in [-0.05, 0) is 73.5 Å². The Labute approximate surface area is 164 Å². The van der Waals surface area contributed by atoms with E-state index in [1.807, 2.05) is 43.3 Å². The molecule has 0 spiro atoms. The number of nitrogens with zero attached hydrogens (tertiary/aromatic N) is 1. The first-order chi connectivity index (χ1) is 13.2. The van der Waals surface area contributed by atoms with Crippen molar-refractivity contribution in [1.82, 2.24) is 4.98 Å². The number of ether oxygens (including phenoxy) is 2. The minimum absolute atomic E-state index is 0.837. The average Bonchev–Trinajstić information content (AvgIpc) is 3.17. The molecule has 4 heteroatoms. The van der Waals surface area contributed by atoms with Crippen LogP contribution in [0.2, 0.25) is 0 Å². The standard InChI is InChI=1S/C23H23NO2S/c1-5-6-7-16(2)23-24-21(17-8-12-19(25-3)13-9-17)22(27-23)18-10-14-20(26-4)15-11-18/h5-15H,1-4H3/b6-5-,16-7+. The van der Waals surface area contributed by atoms with Crippen molar-refractivity contribution in [1.29, 1.82) is 0 Å². The molecule has 0 fully saturated rings. The van der Waals surface area contributed by atoms with Crippen molar-refractivity contribution in [3.63, 3.8) is 0 Å². The molecule has 3 aromatic rings. The molecule has 27 heavy (non-hydrogen) atoms. The van der Waals surface area contributed by atoms with Crippen LogP contribution in [0.15, 0.2) is 66.8 Å². The third kappa shape index (κ3) is 4.29. The summed E-state index contributed by atoms with van der Waals surface area (Å²) in [5, 5.41) is 1.02. The number of rotatable bonds is 6. The van der Waals surface area contributed by atoms with E-state index in [4.69, 9.17) is 14.5 Å². The van der Waals surface area contributed by atoms with Gasteiger partial charge in [0, 0.05) is 5.56 Å². The molecule has 3 rings (SSSR count). The highest BCUT2D eigenvalue weighted by Gasteiger charge is 2.16. The molecular formula is C23H23NO2S. The second-order valence-electron chi connectivity index (χ2n) is 6.03. The maximum atomic E-state index is 5.29. The van der Waals surface area contributed by atoms with E-state index in [0.29, 0.717) is 0 Å². The van der Waals surface area contributed by atoms with E-state index in [9.17, 15) is 0 Å². The van der Waals surface area contributed by atoms with Crippen molar-refractivity contribution in [2.45, 2.75) is 13.8 Å². The summed E-state index contributed by atoms with van der Waals surface area (Å²) in [6.45, 7) is 4.10. The molecule has 0 aliphatic carbocycles. The van der Waals surface area contributed by atoms with Crippen LogP contribution >= 0.6 is 11.3 Å². The van der Waals surface area contributed by atoms with Crippen LogP contribution in [0.1, 0.15) is 18.9 Å². The summed E-state index contributed by atoms with van der Waals surface area (Å²) in [6.07, 6.45) is 6.15. The van der Waals surface area contributed by atoms with Gasteiger partial charge < -0.3 is 9.47 Å². The Bertz CT molecular complexity index is 886. The number of thiazole rings is 1. The Morgan fingerprint density at radius 2 is 1.44 bits per heavy atom. The lowest BCUT2D eigenvalue weighted by Gasteiger charge is -2.05. The summed E-state index contributed by atoms with van der Waals surface area (Å²) < 4.78 is 10.6. The lowest BCUT2D eigenvalue weighted by molar-refractivity contribution is 0.414. The lowest BCUT2D eigenvalue weighted by atomic mass is 10.1. The van der Waals surface area contributed by atoms with E-state index < -0.39 is 0 Å². The summed E-state index contributed by atoms with van der Waals surface area (Å²) in [5.41, 5.74) is 4.33. The molecule has 2 aromatic carbocycles. The molecule has 3 nitrogen and oxygen atoms in total. The van der Waals surface area contributed by atoms with Gasteiger partial charge in [0.15, 0.2) is 0 Å². The van der Waals surface area contributed by atoms with Gasteiger partial charge in [0.25, 0.3) is 0 Å². The molecule has 1 aromatic heterocycles. The molecule has 0 saturated carbocycles. The van der Waals surface area contributed by atoms with Gasteiger partial charge in [-0.3, -0.25) is 0 Å². The first kappa shape index (κ1) is 18.9. The van der Waals surface area contributed by atoms with Crippen LogP contribution in [0.3, 0.4) is 0 Å². The van der Waals surface area contributed by atoms with E-state index in [1.165, 1.54) is 0 Å². The zero-order valence-electron chi connectivity index (χ0n) is 16.0. The van der Waals surface area contributed by atoms with Gasteiger partial charge in [0.1, 0.15) is 16.5 Å². The number of allylic oxidation sites excluding steroid dienone is 4. The quantitative estimate of drug-likeness (QED) is 0.461. The van der Waals surface area contributed by atoms with Crippen LogP contribution in [-0.4, -0.2) is 19.2 Å². The molecule has 0 radical (unpaired) electrons. The summed E-state index contributed by atoms with van der Waals surface area (Å²) in [7, 11) is 3.35. The van der Waals surface area contributed by atoms with Crippen molar-refractivity contribution in [2.75, 3.05) is 14.2 Å². The maximum Gasteiger partial charge on any atom is 0.120 e. The smallest absolute Gasteiger partial charge is 0.120 e. The summed E-state index contributed by atoms with van der Waals surface area (Å²) in [6, 6.07) is 16.2. The van der Waals surface area contributed by atoms with Crippen LogP contribution < -0.4 is 9.47 Å². The Balaban J connectivity index is 2.11. The minimum atomic E-state index is 0.837. The molecule has 1 heterocycles. The average molecular weight is 378 g/mol. The zero-order valence-corrected chi connectivity index (χ0v) is 16.8. The van der Waals surface area contributed by atoms with Gasteiger partial charge in [0.05, 0.1) is 24.8 Å². The predicted molar refractivity (Wildman–Crippen MR) is 115 cm³/mol. The zero-order chi connectivity index (χ0) is 19.2. The lowest BCUT2D eigenvalue weighted by Crippen LogP contribution is -1.86. The first-order valence-electron chi connectivity index (χ1n) is 8.76. The Kier molecular flexibility index (Phi) is 6.09. The summed E-state index contributed by atoms with van der Waals surface area (Å²) in [4.78, 5) is 6.10. The van der Waals surface area contributed by atoms with Crippen LogP contribution in [0.5, 0.6) is 11.5 Å². The topological polar surface area (TPSA) is 31.4 Å². The molecule has 0 saturated heterocycles. The number of hydrogen-bond acceptors (Lipinski definition) is 4. The van der Waals surface area contributed by atoms with Crippen molar-refractivity contribution >= 4 is 16.9 Å². The first-order valence-corrected chi connectivity index (χ1v) is 9.57. The van der Waals surface area contributed by atoms with E-state index in [0.717, 1.165) is 43.8 Å². The van der Waals surface area contributed by atoms with Crippen molar-refractivity contribution < 1.29 is 9.47 Å². The fraction of sp³-hybridized carbons (Fsp3) is 0.174. The summed E-state index contributed by atoms with van der Waals surface area (Å²) in [5.74, 6) is 1.68. The molecule has 138 valence electrons. The third-order valence-corrected chi connectivity index (χ3v) is 5.46. The van der Waals surface area contributed by atoms with Gasteiger partial charge in [-0.1, -0.05) is 18.2 Å². The molecular weight excluding hydrogens is 354 g/mol. The van der Waals surface area contributed by atoms with Gasteiger partial charge >= 0.3 is 0 Å². The predicted octanol–water partition coefficient (Wildman–Crippen LogP) is 6.47. The molecule has 0 atom stereocenters.